The summed E-state index contributed by atoms with van der Waals surface area (Å²) in [6.45, 7) is 0.870. The molecular formula is C16H22Cl2O3. The van der Waals surface area contributed by atoms with Crippen molar-refractivity contribution in [2.45, 2.75) is 43.6 Å². The Morgan fingerprint density at radius 3 is 2.57 bits per heavy atom. The molecule has 1 aliphatic rings. The highest BCUT2D eigenvalue weighted by Crippen LogP contribution is 2.39. The highest BCUT2D eigenvalue weighted by Gasteiger charge is 2.20. The summed E-state index contributed by atoms with van der Waals surface area (Å²) < 4.78 is 16.3. The molecular weight excluding hydrogens is 311 g/mol. The van der Waals surface area contributed by atoms with Crippen molar-refractivity contribution in [3.63, 3.8) is 0 Å². The molecule has 1 aromatic carbocycles. The van der Waals surface area contributed by atoms with E-state index in [9.17, 15) is 0 Å². The van der Waals surface area contributed by atoms with Gasteiger partial charge in [-0.15, -0.1) is 11.6 Å². The predicted molar refractivity (Wildman–Crippen MR) is 86.0 cm³/mol. The third-order valence-electron chi connectivity index (χ3n) is 3.86. The van der Waals surface area contributed by atoms with Gasteiger partial charge >= 0.3 is 0 Å². The van der Waals surface area contributed by atoms with Gasteiger partial charge in [0.05, 0.1) is 25.7 Å². The van der Waals surface area contributed by atoms with Crippen LogP contribution in [0.1, 0.15) is 43.0 Å². The molecule has 0 N–H and O–H groups in total. The highest BCUT2D eigenvalue weighted by molar-refractivity contribution is 6.33. The van der Waals surface area contributed by atoms with E-state index in [-0.39, 0.29) is 5.38 Å². The second-order valence-corrected chi connectivity index (χ2v) is 6.20. The SMILES string of the molecule is COc1cc(Cl)c(C(Cl)CCC2CCCCO2)cc1OC. The largest absolute Gasteiger partial charge is 0.493 e. The van der Waals surface area contributed by atoms with Gasteiger partial charge in [0.15, 0.2) is 11.5 Å². The van der Waals surface area contributed by atoms with E-state index in [1.54, 1.807) is 20.3 Å². The first-order valence-corrected chi connectivity index (χ1v) is 8.14. The molecule has 0 aromatic heterocycles. The summed E-state index contributed by atoms with van der Waals surface area (Å²) in [7, 11) is 3.20. The van der Waals surface area contributed by atoms with Gasteiger partial charge in [0.1, 0.15) is 0 Å². The predicted octanol–water partition coefficient (Wildman–Crippen LogP) is 4.99. The molecule has 0 saturated carbocycles. The van der Waals surface area contributed by atoms with E-state index >= 15 is 0 Å². The second kappa shape index (κ2) is 8.11. The van der Waals surface area contributed by atoms with Crippen molar-refractivity contribution in [3.05, 3.63) is 22.7 Å². The van der Waals surface area contributed by atoms with Crippen molar-refractivity contribution in [2.24, 2.45) is 0 Å². The van der Waals surface area contributed by atoms with Crippen LogP contribution in [-0.4, -0.2) is 26.9 Å². The number of ether oxygens (including phenoxy) is 3. The summed E-state index contributed by atoms with van der Waals surface area (Å²) >= 11 is 12.8. The monoisotopic (exact) mass is 332 g/mol. The van der Waals surface area contributed by atoms with Gasteiger partial charge in [-0.2, -0.15) is 0 Å². The van der Waals surface area contributed by atoms with Crippen LogP contribution in [0.5, 0.6) is 11.5 Å². The minimum atomic E-state index is -0.150. The molecule has 0 spiro atoms. The van der Waals surface area contributed by atoms with Crippen LogP contribution in [0.25, 0.3) is 0 Å². The molecule has 1 aromatic rings. The lowest BCUT2D eigenvalue weighted by Gasteiger charge is -2.23. The average molecular weight is 333 g/mol. The number of alkyl halides is 1. The fraction of sp³-hybridized carbons (Fsp3) is 0.625. The lowest BCUT2D eigenvalue weighted by atomic mass is 10.0. The molecule has 2 atom stereocenters. The highest BCUT2D eigenvalue weighted by atomic mass is 35.5. The van der Waals surface area contributed by atoms with E-state index in [0.29, 0.717) is 22.6 Å². The van der Waals surface area contributed by atoms with E-state index in [1.165, 1.54) is 12.8 Å². The fourth-order valence-corrected chi connectivity index (χ4v) is 3.28. The summed E-state index contributed by atoms with van der Waals surface area (Å²) in [5, 5.41) is 0.458. The van der Waals surface area contributed by atoms with Crippen molar-refractivity contribution in [1.29, 1.82) is 0 Å². The van der Waals surface area contributed by atoms with Crippen molar-refractivity contribution in [1.82, 2.24) is 0 Å². The van der Waals surface area contributed by atoms with Crippen LogP contribution in [0.3, 0.4) is 0 Å². The molecule has 1 heterocycles. The normalized spacial score (nSPS) is 20.1. The van der Waals surface area contributed by atoms with E-state index in [2.05, 4.69) is 0 Å². The van der Waals surface area contributed by atoms with Gasteiger partial charge in [-0.1, -0.05) is 11.6 Å². The lowest BCUT2D eigenvalue weighted by molar-refractivity contribution is 0.0100. The van der Waals surface area contributed by atoms with Gasteiger partial charge in [-0.25, -0.2) is 0 Å². The number of benzene rings is 1. The quantitative estimate of drug-likeness (QED) is 0.687. The zero-order valence-corrected chi connectivity index (χ0v) is 14.0. The summed E-state index contributed by atoms with van der Waals surface area (Å²) in [6.07, 6.45) is 5.67. The molecule has 2 unspecified atom stereocenters. The van der Waals surface area contributed by atoms with Crippen LogP contribution in [0.2, 0.25) is 5.02 Å². The molecule has 1 saturated heterocycles. The Bertz CT molecular complexity index is 459. The van der Waals surface area contributed by atoms with Gasteiger partial charge in [-0.3, -0.25) is 0 Å². The molecule has 1 fully saturated rings. The molecule has 2 rings (SSSR count). The number of hydrogen-bond acceptors (Lipinski definition) is 3. The second-order valence-electron chi connectivity index (χ2n) is 5.26. The molecule has 1 aliphatic heterocycles. The third kappa shape index (κ3) is 4.41. The Hall–Kier alpha value is -0.640. The smallest absolute Gasteiger partial charge is 0.162 e. The number of methoxy groups -OCH3 is 2. The molecule has 0 amide bonds. The van der Waals surface area contributed by atoms with Crippen molar-refractivity contribution >= 4 is 23.2 Å². The van der Waals surface area contributed by atoms with Gasteiger partial charge in [0, 0.05) is 17.7 Å². The fourth-order valence-electron chi connectivity index (χ4n) is 2.63. The van der Waals surface area contributed by atoms with Crippen LogP contribution in [0, 0.1) is 0 Å². The first-order valence-electron chi connectivity index (χ1n) is 7.32. The Morgan fingerprint density at radius 2 is 1.95 bits per heavy atom. The maximum atomic E-state index is 6.52. The third-order valence-corrected chi connectivity index (χ3v) is 4.64. The molecule has 21 heavy (non-hydrogen) atoms. The number of rotatable bonds is 6. The molecule has 3 nitrogen and oxygen atoms in total. The minimum absolute atomic E-state index is 0.150. The van der Waals surface area contributed by atoms with Gasteiger partial charge in [0.2, 0.25) is 0 Å². The minimum Gasteiger partial charge on any atom is -0.493 e. The van der Waals surface area contributed by atoms with E-state index < -0.39 is 0 Å². The summed E-state index contributed by atoms with van der Waals surface area (Å²) in [4.78, 5) is 0. The summed E-state index contributed by atoms with van der Waals surface area (Å²) in [6, 6.07) is 3.61. The van der Waals surface area contributed by atoms with E-state index in [4.69, 9.17) is 37.4 Å². The molecule has 118 valence electrons. The van der Waals surface area contributed by atoms with Crippen LogP contribution < -0.4 is 9.47 Å². The molecule has 0 radical (unpaired) electrons. The Kier molecular flexibility index (Phi) is 6.46. The standard InChI is InChI=1S/C16H22Cl2O3/c1-19-15-9-12(14(18)10-16(15)20-2)13(17)7-6-11-5-3-4-8-21-11/h9-11,13H,3-8H2,1-2H3. The van der Waals surface area contributed by atoms with Gasteiger partial charge < -0.3 is 14.2 Å². The molecule has 0 bridgehead atoms. The first kappa shape index (κ1) is 16.7. The van der Waals surface area contributed by atoms with Crippen molar-refractivity contribution in [2.75, 3.05) is 20.8 Å². The number of halogens is 2. The van der Waals surface area contributed by atoms with E-state index in [0.717, 1.165) is 31.4 Å². The van der Waals surface area contributed by atoms with Crippen LogP contribution in [-0.2, 0) is 4.74 Å². The Morgan fingerprint density at radius 1 is 1.24 bits per heavy atom. The van der Waals surface area contributed by atoms with Crippen molar-refractivity contribution < 1.29 is 14.2 Å². The number of hydrogen-bond donors (Lipinski definition) is 0. The zero-order chi connectivity index (χ0) is 15.2. The van der Waals surface area contributed by atoms with Crippen LogP contribution >= 0.6 is 23.2 Å². The topological polar surface area (TPSA) is 27.7 Å². The summed E-state index contributed by atoms with van der Waals surface area (Å²) in [5.74, 6) is 1.27. The van der Waals surface area contributed by atoms with Crippen molar-refractivity contribution in [3.8, 4) is 11.5 Å². The first-order chi connectivity index (χ1) is 10.2. The Balaban J connectivity index is 2.02. The molecule has 0 aliphatic carbocycles. The average Bonchev–Trinajstić information content (AvgIpc) is 2.53. The maximum Gasteiger partial charge on any atom is 0.162 e. The lowest BCUT2D eigenvalue weighted by Crippen LogP contribution is -2.19. The van der Waals surface area contributed by atoms with Gasteiger partial charge in [0.25, 0.3) is 0 Å². The summed E-state index contributed by atoms with van der Waals surface area (Å²) in [5.41, 5.74) is 0.881. The van der Waals surface area contributed by atoms with Crippen LogP contribution in [0.15, 0.2) is 12.1 Å². The Labute approximate surface area is 136 Å². The maximum absolute atomic E-state index is 6.52. The van der Waals surface area contributed by atoms with Crippen LogP contribution in [0.4, 0.5) is 0 Å². The van der Waals surface area contributed by atoms with E-state index in [1.807, 2.05) is 6.07 Å². The van der Waals surface area contributed by atoms with Gasteiger partial charge in [-0.05, 0) is 43.7 Å². The molecule has 5 heteroatoms. The zero-order valence-electron chi connectivity index (χ0n) is 12.5.